The minimum Gasteiger partial charge on any atom is -0.461 e. The van der Waals surface area contributed by atoms with Gasteiger partial charge in [-0.15, -0.1) is 6.42 Å². The number of halogens is 2. The first-order valence-electron chi connectivity index (χ1n) is 7.92. The van der Waals surface area contributed by atoms with Gasteiger partial charge in [-0.25, -0.2) is 0 Å². The molecule has 5 nitrogen and oxygen atoms in total. The lowest BCUT2D eigenvalue weighted by atomic mass is 10.0. The molecule has 6 atom stereocenters. The lowest BCUT2D eigenvalue weighted by Crippen LogP contribution is -2.34. The number of terminal acetylenes is 1. The first-order valence-corrected chi connectivity index (χ1v) is 9.75. The van der Waals surface area contributed by atoms with E-state index in [1.807, 2.05) is 6.08 Å². The van der Waals surface area contributed by atoms with E-state index in [-0.39, 0.29) is 10.8 Å². The lowest BCUT2D eigenvalue weighted by molar-refractivity contribution is -0.155. The number of carbonyl (C=O) groups excluding carboxylic acids is 1. The topological polar surface area (TPSA) is 65.0 Å². The molecular formula is C17H24Br2O5. The van der Waals surface area contributed by atoms with Crippen molar-refractivity contribution in [2.24, 2.45) is 0 Å². The second-order valence-electron chi connectivity index (χ2n) is 5.54. The van der Waals surface area contributed by atoms with E-state index in [0.717, 1.165) is 12.8 Å². The number of hydrogen-bond acceptors (Lipinski definition) is 5. The van der Waals surface area contributed by atoms with Crippen molar-refractivity contribution in [2.45, 2.75) is 74.0 Å². The summed E-state index contributed by atoms with van der Waals surface area (Å²) in [5.74, 6) is 2.02. The van der Waals surface area contributed by atoms with E-state index in [1.54, 1.807) is 0 Å². The molecule has 6 unspecified atom stereocenters. The predicted octanol–water partition coefficient (Wildman–Crippen LogP) is 3.27. The molecule has 1 N–H and O–H groups in total. The molecule has 0 saturated carbocycles. The third kappa shape index (κ3) is 7.66. The van der Waals surface area contributed by atoms with Gasteiger partial charge in [-0.2, -0.15) is 0 Å². The summed E-state index contributed by atoms with van der Waals surface area (Å²) in [4.78, 5) is 11.3. The van der Waals surface area contributed by atoms with E-state index in [9.17, 15) is 9.90 Å². The van der Waals surface area contributed by atoms with Crippen LogP contribution in [0.5, 0.6) is 0 Å². The van der Waals surface area contributed by atoms with Gasteiger partial charge in [0.05, 0.1) is 17.0 Å². The van der Waals surface area contributed by atoms with E-state index in [4.69, 9.17) is 20.6 Å². The van der Waals surface area contributed by atoms with Crippen LogP contribution in [-0.4, -0.2) is 45.5 Å². The molecule has 1 saturated heterocycles. The Morgan fingerprint density at radius 3 is 2.79 bits per heavy atom. The molecule has 0 bridgehead atoms. The molecule has 1 fully saturated rings. The van der Waals surface area contributed by atoms with Gasteiger partial charge in [0.2, 0.25) is 0 Å². The Labute approximate surface area is 160 Å². The average Bonchev–Trinajstić information content (AvgIpc) is 2.85. The van der Waals surface area contributed by atoms with E-state index in [2.05, 4.69) is 50.8 Å². The van der Waals surface area contributed by atoms with Gasteiger partial charge in [-0.1, -0.05) is 40.9 Å². The molecule has 1 rings (SSSR count). The summed E-state index contributed by atoms with van der Waals surface area (Å²) in [6.45, 7) is 3.42. The smallest absolute Gasteiger partial charge is 0.302 e. The summed E-state index contributed by atoms with van der Waals surface area (Å²) in [5, 5.41) is 9.61. The maximum Gasteiger partial charge on any atom is 0.302 e. The first-order chi connectivity index (χ1) is 11.4. The van der Waals surface area contributed by atoms with Crippen LogP contribution in [0.15, 0.2) is 12.2 Å². The number of allylic oxidation sites excluding steroid dienone is 2. The summed E-state index contributed by atoms with van der Waals surface area (Å²) in [6.07, 6.45) is 9.53. The van der Waals surface area contributed by atoms with Gasteiger partial charge >= 0.3 is 5.97 Å². The number of hydrogen-bond donors (Lipinski definition) is 1. The van der Waals surface area contributed by atoms with Crippen molar-refractivity contribution in [2.75, 3.05) is 0 Å². The van der Waals surface area contributed by atoms with E-state index < -0.39 is 29.6 Å². The number of carbonyl (C=O) groups is 1. The average molecular weight is 468 g/mol. The minimum atomic E-state index is -0.698. The normalized spacial score (nSPS) is 27.6. The zero-order chi connectivity index (χ0) is 18.1. The monoisotopic (exact) mass is 466 g/mol. The zero-order valence-electron chi connectivity index (χ0n) is 13.9. The van der Waals surface area contributed by atoms with Crippen LogP contribution in [0, 0.1) is 12.3 Å². The van der Waals surface area contributed by atoms with Gasteiger partial charge < -0.3 is 19.3 Å². The predicted molar refractivity (Wildman–Crippen MR) is 98.9 cm³/mol. The molecule has 1 aliphatic rings. The quantitative estimate of drug-likeness (QED) is 0.244. The molecule has 0 aromatic rings. The summed E-state index contributed by atoms with van der Waals surface area (Å²) in [5.41, 5.74) is 0. The minimum absolute atomic E-state index is 0.0606. The highest BCUT2D eigenvalue weighted by molar-refractivity contribution is 9.09. The zero-order valence-corrected chi connectivity index (χ0v) is 17.0. The molecule has 0 amide bonds. The summed E-state index contributed by atoms with van der Waals surface area (Å²) in [6, 6.07) is 0. The Morgan fingerprint density at radius 1 is 1.50 bits per heavy atom. The van der Waals surface area contributed by atoms with Crippen LogP contribution >= 0.6 is 31.9 Å². The molecule has 0 aliphatic carbocycles. The van der Waals surface area contributed by atoms with Crippen molar-refractivity contribution in [3.05, 3.63) is 12.2 Å². The SMILES string of the molecule is C#CC(Br)OC1CC(O)C(CC(OC(C)=O)C(Br)CC=CCC)O1. The molecule has 7 heteroatoms. The van der Waals surface area contributed by atoms with Crippen LogP contribution in [0.1, 0.15) is 39.5 Å². The maximum absolute atomic E-state index is 11.4. The molecule has 0 radical (unpaired) electrons. The fourth-order valence-electron chi connectivity index (χ4n) is 2.42. The van der Waals surface area contributed by atoms with Gasteiger partial charge in [-0.05, 0) is 28.8 Å². The van der Waals surface area contributed by atoms with Crippen molar-refractivity contribution in [1.29, 1.82) is 0 Å². The van der Waals surface area contributed by atoms with Crippen molar-refractivity contribution in [1.82, 2.24) is 0 Å². The molecule has 136 valence electrons. The van der Waals surface area contributed by atoms with Crippen LogP contribution in [0.25, 0.3) is 0 Å². The van der Waals surface area contributed by atoms with Crippen LogP contribution in [0.2, 0.25) is 0 Å². The first kappa shape index (κ1) is 21.7. The number of aliphatic hydroxyl groups is 1. The van der Waals surface area contributed by atoms with Gasteiger partial charge in [0, 0.05) is 19.8 Å². The second-order valence-corrected chi connectivity index (χ2v) is 7.55. The van der Waals surface area contributed by atoms with Crippen LogP contribution in [-0.2, 0) is 19.0 Å². The summed E-state index contributed by atoms with van der Waals surface area (Å²) >= 11 is 6.73. The Morgan fingerprint density at radius 2 is 2.21 bits per heavy atom. The highest BCUT2D eigenvalue weighted by Gasteiger charge is 2.38. The van der Waals surface area contributed by atoms with Crippen molar-refractivity contribution < 1.29 is 24.1 Å². The standard InChI is InChI=1S/C17H24Br2O5/c1-4-6-7-8-12(18)14(22-11(3)20)10-15-13(21)9-17(23-15)24-16(19)5-2/h2,6-7,12-17,21H,4,8-10H2,1,3H3. The van der Waals surface area contributed by atoms with Gasteiger partial charge in [0.15, 0.2) is 11.3 Å². The summed E-state index contributed by atoms with van der Waals surface area (Å²) in [7, 11) is 0. The molecule has 0 aromatic heterocycles. The second kappa shape index (κ2) is 11.3. The van der Waals surface area contributed by atoms with E-state index in [0.29, 0.717) is 12.8 Å². The molecule has 0 aromatic carbocycles. The number of rotatable bonds is 9. The highest BCUT2D eigenvalue weighted by Crippen LogP contribution is 2.29. The Kier molecular flexibility index (Phi) is 10.2. The van der Waals surface area contributed by atoms with Crippen LogP contribution < -0.4 is 0 Å². The number of aliphatic hydroxyl groups excluding tert-OH is 1. The maximum atomic E-state index is 11.4. The molecule has 1 heterocycles. The van der Waals surface area contributed by atoms with Gasteiger partial charge in [0.25, 0.3) is 0 Å². The Bertz CT molecular complexity index is 462. The number of esters is 1. The Balaban J connectivity index is 2.63. The third-order valence-electron chi connectivity index (χ3n) is 3.54. The molecule has 24 heavy (non-hydrogen) atoms. The van der Waals surface area contributed by atoms with Gasteiger partial charge in [0.1, 0.15) is 6.10 Å². The van der Waals surface area contributed by atoms with E-state index in [1.165, 1.54) is 6.92 Å². The lowest BCUT2D eigenvalue weighted by Gasteiger charge is -2.25. The highest BCUT2D eigenvalue weighted by atomic mass is 79.9. The van der Waals surface area contributed by atoms with Crippen molar-refractivity contribution in [3.8, 4) is 12.3 Å². The van der Waals surface area contributed by atoms with Gasteiger partial charge in [-0.3, -0.25) is 4.79 Å². The van der Waals surface area contributed by atoms with Crippen LogP contribution in [0.4, 0.5) is 0 Å². The number of alkyl halides is 2. The molecule has 0 spiro atoms. The number of ether oxygens (including phenoxy) is 3. The molecular weight excluding hydrogens is 444 g/mol. The third-order valence-corrected chi connectivity index (χ3v) is 4.98. The van der Waals surface area contributed by atoms with Crippen LogP contribution in [0.3, 0.4) is 0 Å². The summed E-state index contributed by atoms with van der Waals surface area (Å²) < 4.78 is 16.5. The fraction of sp³-hybridized carbons (Fsp3) is 0.706. The van der Waals surface area contributed by atoms with Crippen molar-refractivity contribution in [3.63, 3.8) is 0 Å². The van der Waals surface area contributed by atoms with E-state index >= 15 is 0 Å². The van der Waals surface area contributed by atoms with Crippen molar-refractivity contribution >= 4 is 37.8 Å². The largest absolute Gasteiger partial charge is 0.461 e. The fourth-order valence-corrected chi connectivity index (χ4v) is 3.20. The molecule has 1 aliphatic heterocycles. The Hall–Kier alpha value is -0.390.